The molecule has 4 nitrogen and oxygen atoms in total. The van der Waals surface area contributed by atoms with E-state index in [-0.39, 0.29) is 5.56 Å². The third-order valence-corrected chi connectivity index (χ3v) is 8.02. The van der Waals surface area contributed by atoms with E-state index >= 15 is 0 Å². The number of halogens is 1. The van der Waals surface area contributed by atoms with Crippen molar-refractivity contribution < 1.29 is 14.3 Å². The molecule has 0 saturated carbocycles. The van der Waals surface area contributed by atoms with Crippen LogP contribution in [0.1, 0.15) is 15.9 Å². The van der Waals surface area contributed by atoms with Crippen molar-refractivity contribution in [3.8, 4) is 11.3 Å². The van der Waals surface area contributed by atoms with Crippen molar-refractivity contribution in [1.82, 2.24) is 9.88 Å². The van der Waals surface area contributed by atoms with Crippen molar-refractivity contribution in [2.45, 2.75) is 25.2 Å². The molecule has 4 rings (SSSR count). The fourth-order valence-corrected chi connectivity index (χ4v) is 5.68. The van der Waals surface area contributed by atoms with Gasteiger partial charge < -0.3 is 5.11 Å². The maximum atomic E-state index is 13.5. The molecule has 0 amide bonds. The van der Waals surface area contributed by atoms with Crippen LogP contribution >= 0.6 is 0 Å². The summed E-state index contributed by atoms with van der Waals surface area (Å²) in [4.78, 5) is 18.7. The Morgan fingerprint density at radius 2 is 1.86 bits per heavy atom. The second-order valence-electron chi connectivity index (χ2n) is 7.68. The number of hydrogen-bond donors (Lipinski definition) is 1. The normalized spacial score (nSPS) is 15.8. The van der Waals surface area contributed by atoms with Crippen molar-refractivity contribution in [3.63, 3.8) is 0 Å². The van der Waals surface area contributed by atoms with Gasteiger partial charge in [-0.2, -0.15) is 0 Å². The Morgan fingerprint density at radius 3 is 2.54 bits per heavy atom. The van der Waals surface area contributed by atoms with Gasteiger partial charge in [-0.1, -0.05) is 30.8 Å². The molecule has 0 aliphatic carbocycles. The third-order valence-electron chi connectivity index (χ3n) is 5.53. The zero-order chi connectivity index (χ0) is 19.7. The highest BCUT2D eigenvalue weighted by Gasteiger charge is 2.17. The van der Waals surface area contributed by atoms with Crippen LogP contribution in [0.4, 0.5) is 4.39 Å². The second kappa shape index (κ2) is 7.81. The number of pyridine rings is 1. The van der Waals surface area contributed by atoms with Gasteiger partial charge in [-0.15, -0.1) is 0 Å². The third kappa shape index (κ3) is 3.98. The largest absolute Gasteiger partial charge is 0.478 e. The predicted octanol–water partition coefficient (Wildman–Crippen LogP) is 4.41. The molecule has 1 saturated heterocycles. The molecule has 0 atom stereocenters. The van der Waals surface area contributed by atoms with Crippen molar-refractivity contribution in [1.29, 1.82) is 0 Å². The molecule has 0 bridgehead atoms. The molecule has 1 fully saturated rings. The Kier molecular flexibility index (Phi) is 5.24. The van der Waals surface area contributed by atoms with Crippen LogP contribution in [0.2, 0.25) is 18.6 Å². The highest BCUT2D eigenvalue weighted by Crippen LogP contribution is 2.26. The standard InChI is InChI=1S/C22H23FN2O2Si/c1-28-10-8-25(9-11-28)14-15-2-4-16(5-3-15)21-13-19(22(26)27)18-12-17(23)6-7-20(18)24-21/h2-7,12-13,28H,8-11,14H2,1H3,(H,26,27). The van der Waals surface area contributed by atoms with Crippen LogP contribution in [0, 0.1) is 5.82 Å². The highest BCUT2D eigenvalue weighted by atomic mass is 28.3. The minimum atomic E-state index is -1.08. The van der Waals surface area contributed by atoms with Gasteiger partial charge in [0.25, 0.3) is 0 Å². The zero-order valence-corrected chi connectivity index (χ0v) is 17.0. The average Bonchev–Trinajstić information content (AvgIpc) is 2.69. The lowest BCUT2D eigenvalue weighted by molar-refractivity contribution is 0.0699. The lowest BCUT2D eigenvalue weighted by Crippen LogP contribution is -2.35. The van der Waals surface area contributed by atoms with Crippen molar-refractivity contribution >= 4 is 25.7 Å². The number of carboxylic acids is 1. The Balaban J connectivity index is 1.61. The quantitative estimate of drug-likeness (QED) is 0.666. The number of carboxylic acid groups (broad SMARTS) is 1. The van der Waals surface area contributed by atoms with Crippen LogP contribution < -0.4 is 0 Å². The SMILES string of the molecule is C[SiH]1CCN(Cc2ccc(-c3cc(C(=O)O)c4cc(F)ccc4n3)cc2)CC1. The first kappa shape index (κ1) is 18.8. The number of aromatic nitrogens is 1. The van der Waals surface area contributed by atoms with Crippen LogP contribution in [-0.2, 0) is 6.54 Å². The monoisotopic (exact) mass is 394 g/mol. The highest BCUT2D eigenvalue weighted by molar-refractivity contribution is 6.57. The predicted molar refractivity (Wildman–Crippen MR) is 112 cm³/mol. The number of hydrogen-bond acceptors (Lipinski definition) is 3. The zero-order valence-electron chi connectivity index (χ0n) is 15.9. The fraction of sp³-hybridized carbons (Fsp3) is 0.273. The molecular formula is C22H23FN2O2Si. The number of benzene rings is 2. The lowest BCUT2D eigenvalue weighted by Gasteiger charge is -2.29. The second-order valence-corrected chi connectivity index (χ2v) is 11.0. The minimum Gasteiger partial charge on any atom is -0.478 e. The fourth-order valence-electron chi connectivity index (χ4n) is 3.78. The van der Waals surface area contributed by atoms with E-state index < -0.39 is 20.6 Å². The Labute approximate surface area is 165 Å². The number of fused-ring (bicyclic) bond motifs is 1. The summed E-state index contributed by atoms with van der Waals surface area (Å²) in [5, 5.41) is 9.85. The number of nitrogens with zero attached hydrogens (tertiary/aromatic N) is 2. The summed E-state index contributed by atoms with van der Waals surface area (Å²) in [6.07, 6.45) is 0. The summed E-state index contributed by atoms with van der Waals surface area (Å²) in [7, 11) is -0.449. The molecule has 0 spiro atoms. The topological polar surface area (TPSA) is 53.4 Å². The molecule has 2 heterocycles. The van der Waals surface area contributed by atoms with Gasteiger partial charge in [0.2, 0.25) is 0 Å². The molecule has 28 heavy (non-hydrogen) atoms. The van der Waals surface area contributed by atoms with Gasteiger partial charge in [0.1, 0.15) is 5.82 Å². The van der Waals surface area contributed by atoms with Crippen LogP contribution in [0.25, 0.3) is 22.2 Å². The van der Waals surface area contributed by atoms with E-state index in [1.165, 1.54) is 55.0 Å². The summed E-state index contributed by atoms with van der Waals surface area (Å²) in [6, 6.07) is 16.5. The molecular weight excluding hydrogens is 371 g/mol. The summed E-state index contributed by atoms with van der Waals surface area (Å²) >= 11 is 0. The molecule has 0 unspecified atom stereocenters. The van der Waals surface area contributed by atoms with E-state index in [2.05, 4.69) is 28.6 Å². The van der Waals surface area contributed by atoms with E-state index in [9.17, 15) is 14.3 Å². The molecule has 1 N–H and O–H groups in total. The van der Waals surface area contributed by atoms with Gasteiger partial charge in [-0.25, -0.2) is 14.2 Å². The van der Waals surface area contributed by atoms with E-state index in [0.717, 1.165) is 12.1 Å². The Hall–Kier alpha value is -2.57. The first-order valence-electron chi connectivity index (χ1n) is 9.65. The lowest BCUT2D eigenvalue weighted by atomic mass is 10.0. The first-order chi connectivity index (χ1) is 13.5. The number of aromatic carboxylic acids is 1. The molecule has 0 radical (unpaired) electrons. The molecule has 3 aromatic rings. The van der Waals surface area contributed by atoms with Crippen LogP contribution in [-0.4, -0.2) is 42.8 Å². The van der Waals surface area contributed by atoms with Gasteiger partial charge in [-0.05, 0) is 55.0 Å². The van der Waals surface area contributed by atoms with E-state index in [1.54, 1.807) is 0 Å². The maximum Gasteiger partial charge on any atom is 0.336 e. The van der Waals surface area contributed by atoms with Gasteiger partial charge in [0.05, 0.1) is 16.8 Å². The van der Waals surface area contributed by atoms with Crippen molar-refractivity contribution in [3.05, 3.63) is 65.5 Å². The van der Waals surface area contributed by atoms with Gasteiger partial charge in [0.15, 0.2) is 0 Å². The van der Waals surface area contributed by atoms with Gasteiger partial charge >= 0.3 is 5.97 Å². The average molecular weight is 395 g/mol. The number of rotatable bonds is 4. The van der Waals surface area contributed by atoms with Crippen LogP contribution in [0.15, 0.2) is 48.5 Å². The van der Waals surface area contributed by atoms with Gasteiger partial charge in [0, 0.05) is 26.3 Å². The van der Waals surface area contributed by atoms with Crippen molar-refractivity contribution in [2.75, 3.05) is 13.1 Å². The molecule has 1 aliphatic heterocycles. The Morgan fingerprint density at radius 1 is 1.14 bits per heavy atom. The molecule has 144 valence electrons. The first-order valence-corrected chi connectivity index (χ1v) is 12.4. The molecule has 1 aromatic heterocycles. The van der Waals surface area contributed by atoms with Crippen LogP contribution in [0.5, 0.6) is 0 Å². The molecule has 1 aliphatic rings. The summed E-state index contributed by atoms with van der Waals surface area (Å²) in [5.74, 6) is -1.55. The summed E-state index contributed by atoms with van der Waals surface area (Å²) < 4.78 is 13.5. The summed E-state index contributed by atoms with van der Waals surface area (Å²) in [5.41, 5.74) is 3.24. The molecule has 6 heteroatoms. The smallest absolute Gasteiger partial charge is 0.336 e. The minimum absolute atomic E-state index is 0.0650. The van der Waals surface area contributed by atoms with Crippen molar-refractivity contribution in [2.24, 2.45) is 0 Å². The number of carbonyl (C=O) groups is 1. The maximum absolute atomic E-state index is 13.5. The van der Waals surface area contributed by atoms with E-state index in [4.69, 9.17) is 0 Å². The van der Waals surface area contributed by atoms with Crippen LogP contribution in [0.3, 0.4) is 0 Å². The van der Waals surface area contributed by atoms with E-state index in [1.807, 2.05) is 12.1 Å². The van der Waals surface area contributed by atoms with E-state index in [0.29, 0.717) is 16.6 Å². The Bertz CT molecular complexity index is 1010. The molecule has 2 aromatic carbocycles. The van der Waals surface area contributed by atoms with Gasteiger partial charge in [-0.3, -0.25) is 4.90 Å². The summed E-state index contributed by atoms with van der Waals surface area (Å²) in [6.45, 7) is 5.79.